The van der Waals surface area contributed by atoms with E-state index in [1.165, 1.54) is 0 Å². The smallest absolute Gasteiger partial charge is 0.179 e. The fourth-order valence-electron chi connectivity index (χ4n) is 1.57. The molecule has 4 nitrogen and oxygen atoms in total. The minimum absolute atomic E-state index is 0.445. The van der Waals surface area contributed by atoms with Gasteiger partial charge in [0, 0.05) is 6.61 Å². The first-order chi connectivity index (χ1) is 8.72. The Morgan fingerprint density at radius 1 is 1.28 bits per heavy atom. The third kappa shape index (κ3) is 4.37. The van der Waals surface area contributed by atoms with E-state index in [1.807, 2.05) is 19.1 Å². The van der Waals surface area contributed by atoms with Crippen molar-refractivity contribution in [1.29, 1.82) is 0 Å². The molecule has 0 aliphatic carbocycles. The van der Waals surface area contributed by atoms with Crippen LogP contribution in [-0.2, 0) is 11.2 Å². The van der Waals surface area contributed by atoms with Crippen molar-refractivity contribution in [3.63, 3.8) is 0 Å². The average Bonchev–Trinajstić information content (AvgIpc) is 2.36. The quantitative estimate of drug-likeness (QED) is 0.738. The van der Waals surface area contributed by atoms with Crippen molar-refractivity contribution in [1.82, 2.24) is 0 Å². The maximum absolute atomic E-state index is 6.18. The minimum Gasteiger partial charge on any atom is -0.493 e. The maximum atomic E-state index is 6.18. The number of nitrogens with two attached hydrogens (primary N) is 1. The number of rotatable bonds is 8. The standard InChI is InChI=1S/C13H20ClNO3/c1-3-17-6-7-18-13-11(14)8-10(4-5-15)9-12(13)16-2/h8-9H,3-7,15H2,1-2H3. The number of hydrogen-bond acceptors (Lipinski definition) is 4. The molecule has 18 heavy (non-hydrogen) atoms. The van der Waals surface area contributed by atoms with Gasteiger partial charge in [-0.3, -0.25) is 0 Å². The summed E-state index contributed by atoms with van der Waals surface area (Å²) < 4.78 is 16.1. The summed E-state index contributed by atoms with van der Waals surface area (Å²) in [6, 6.07) is 3.75. The molecule has 0 aliphatic heterocycles. The molecule has 0 saturated heterocycles. The summed E-state index contributed by atoms with van der Waals surface area (Å²) in [5.74, 6) is 1.18. The topological polar surface area (TPSA) is 53.7 Å². The maximum Gasteiger partial charge on any atom is 0.179 e. The Balaban J connectivity index is 2.76. The van der Waals surface area contributed by atoms with Crippen molar-refractivity contribution < 1.29 is 14.2 Å². The van der Waals surface area contributed by atoms with Crippen LogP contribution < -0.4 is 15.2 Å². The van der Waals surface area contributed by atoms with E-state index in [-0.39, 0.29) is 0 Å². The Kier molecular flexibility index (Phi) is 6.86. The normalized spacial score (nSPS) is 10.4. The largest absolute Gasteiger partial charge is 0.493 e. The zero-order valence-corrected chi connectivity index (χ0v) is 11.6. The fourth-order valence-corrected chi connectivity index (χ4v) is 1.86. The van der Waals surface area contributed by atoms with Gasteiger partial charge in [0.05, 0.1) is 18.7 Å². The third-order valence-corrected chi connectivity index (χ3v) is 2.68. The predicted molar refractivity (Wildman–Crippen MR) is 72.8 cm³/mol. The van der Waals surface area contributed by atoms with Gasteiger partial charge in [-0.15, -0.1) is 0 Å². The van der Waals surface area contributed by atoms with Crippen molar-refractivity contribution in [2.75, 3.05) is 33.5 Å². The highest BCUT2D eigenvalue weighted by Crippen LogP contribution is 2.36. The molecule has 0 spiro atoms. The molecule has 0 atom stereocenters. The van der Waals surface area contributed by atoms with E-state index in [0.717, 1.165) is 12.0 Å². The monoisotopic (exact) mass is 273 g/mol. The number of benzene rings is 1. The van der Waals surface area contributed by atoms with Crippen LogP contribution in [0.1, 0.15) is 12.5 Å². The fraction of sp³-hybridized carbons (Fsp3) is 0.538. The van der Waals surface area contributed by atoms with Gasteiger partial charge in [0.2, 0.25) is 0 Å². The first kappa shape index (κ1) is 15.1. The Morgan fingerprint density at radius 3 is 2.67 bits per heavy atom. The molecule has 0 aliphatic rings. The van der Waals surface area contributed by atoms with Crippen LogP contribution in [0.5, 0.6) is 11.5 Å². The Morgan fingerprint density at radius 2 is 2.06 bits per heavy atom. The molecule has 5 heteroatoms. The lowest BCUT2D eigenvalue weighted by Crippen LogP contribution is -2.08. The van der Waals surface area contributed by atoms with Gasteiger partial charge < -0.3 is 19.9 Å². The van der Waals surface area contributed by atoms with Gasteiger partial charge >= 0.3 is 0 Å². The lowest BCUT2D eigenvalue weighted by Gasteiger charge is -2.14. The van der Waals surface area contributed by atoms with Crippen molar-refractivity contribution in [3.05, 3.63) is 22.7 Å². The number of ether oxygens (including phenoxy) is 3. The number of hydrogen-bond donors (Lipinski definition) is 1. The molecule has 102 valence electrons. The minimum atomic E-state index is 0.445. The lowest BCUT2D eigenvalue weighted by molar-refractivity contribution is 0.109. The number of methoxy groups -OCH3 is 1. The Labute approximate surface area is 113 Å². The van der Waals surface area contributed by atoms with Gasteiger partial charge in [-0.2, -0.15) is 0 Å². The van der Waals surface area contributed by atoms with Crippen molar-refractivity contribution in [2.45, 2.75) is 13.3 Å². The van der Waals surface area contributed by atoms with E-state index in [9.17, 15) is 0 Å². The van der Waals surface area contributed by atoms with E-state index in [2.05, 4.69) is 0 Å². The summed E-state index contributed by atoms with van der Waals surface area (Å²) in [7, 11) is 1.59. The van der Waals surface area contributed by atoms with Crippen LogP contribution in [0.4, 0.5) is 0 Å². The van der Waals surface area contributed by atoms with Gasteiger partial charge in [0.25, 0.3) is 0 Å². The second-order valence-electron chi connectivity index (χ2n) is 3.69. The molecule has 0 fully saturated rings. The van der Waals surface area contributed by atoms with Gasteiger partial charge in [-0.25, -0.2) is 0 Å². The van der Waals surface area contributed by atoms with Crippen LogP contribution >= 0.6 is 11.6 Å². The zero-order valence-electron chi connectivity index (χ0n) is 10.9. The summed E-state index contributed by atoms with van der Waals surface area (Å²) >= 11 is 6.18. The molecular weight excluding hydrogens is 254 g/mol. The van der Waals surface area contributed by atoms with Gasteiger partial charge in [0.15, 0.2) is 11.5 Å². The van der Waals surface area contributed by atoms with Gasteiger partial charge in [-0.1, -0.05) is 11.6 Å². The molecule has 0 unspecified atom stereocenters. The molecule has 1 aromatic rings. The highest BCUT2D eigenvalue weighted by Gasteiger charge is 2.11. The summed E-state index contributed by atoms with van der Waals surface area (Å²) in [6.45, 7) is 4.16. The van der Waals surface area contributed by atoms with Gasteiger partial charge in [-0.05, 0) is 37.6 Å². The predicted octanol–water partition coefficient (Wildman–Crippen LogP) is 2.27. The molecular formula is C13H20ClNO3. The molecule has 0 bridgehead atoms. The Hall–Kier alpha value is -0.970. The van der Waals surface area contributed by atoms with Crippen molar-refractivity contribution in [3.8, 4) is 11.5 Å². The average molecular weight is 274 g/mol. The van der Waals surface area contributed by atoms with Gasteiger partial charge in [0.1, 0.15) is 6.61 Å². The van der Waals surface area contributed by atoms with Crippen LogP contribution in [0.25, 0.3) is 0 Å². The molecule has 0 aromatic heterocycles. The summed E-state index contributed by atoms with van der Waals surface area (Å²) in [4.78, 5) is 0. The van der Waals surface area contributed by atoms with Crippen LogP contribution in [0.3, 0.4) is 0 Å². The first-order valence-corrected chi connectivity index (χ1v) is 6.37. The number of halogens is 1. The van der Waals surface area contributed by atoms with Crippen LogP contribution in [0.15, 0.2) is 12.1 Å². The summed E-state index contributed by atoms with van der Waals surface area (Å²) in [5, 5.41) is 0.536. The van der Waals surface area contributed by atoms with Crippen molar-refractivity contribution in [2.24, 2.45) is 5.73 Å². The second kappa shape index (κ2) is 8.19. The highest BCUT2D eigenvalue weighted by molar-refractivity contribution is 6.32. The summed E-state index contributed by atoms with van der Waals surface area (Å²) in [6.07, 6.45) is 0.759. The molecule has 0 heterocycles. The molecule has 0 saturated carbocycles. The highest BCUT2D eigenvalue weighted by atomic mass is 35.5. The molecule has 0 amide bonds. The van der Waals surface area contributed by atoms with E-state index in [4.69, 9.17) is 31.5 Å². The molecule has 2 N–H and O–H groups in total. The zero-order chi connectivity index (χ0) is 13.4. The van der Waals surface area contributed by atoms with Crippen molar-refractivity contribution >= 4 is 11.6 Å². The summed E-state index contributed by atoms with van der Waals surface area (Å²) in [5.41, 5.74) is 6.56. The van der Waals surface area contributed by atoms with Crippen LogP contribution in [-0.4, -0.2) is 33.5 Å². The van der Waals surface area contributed by atoms with E-state index in [1.54, 1.807) is 7.11 Å². The molecule has 1 rings (SSSR count). The van der Waals surface area contributed by atoms with E-state index in [0.29, 0.717) is 42.9 Å². The van der Waals surface area contributed by atoms with Crippen LogP contribution in [0, 0.1) is 0 Å². The second-order valence-corrected chi connectivity index (χ2v) is 4.10. The van der Waals surface area contributed by atoms with E-state index >= 15 is 0 Å². The Bertz CT molecular complexity index is 371. The van der Waals surface area contributed by atoms with E-state index < -0.39 is 0 Å². The molecule has 1 aromatic carbocycles. The first-order valence-electron chi connectivity index (χ1n) is 6.00. The lowest BCUT2D eigenvalue weighted by atomic mass is 10.1. The van der Waals surface area contributed by atoms with Crippen LogP contribution in [0.2, 0.25) is 5.02 Å². The molecule has 0 radical (unpaired) electrons. The SMILES string of the molecule is CCOCCOc1c(Cl)cc(CCN)cc1OC. The third-order valence-electron chi connectivity index (χ3n) is 2.40.